The van der Waals surface area contributed by atoms with Gasteiger partial charge in [0.15, 0.2) is 0 Å². The summed E-state index contributed by atoms with van der Waals surface area (Å²) in [6.07, 6.45) is 4.24. The molecular weight excluding hydrogens is 369 g/mol. The third kappa shape index (κ3) is 4.49. The zero-order valence-corrected chi connectivity index (χ0v) is 17.5. The van der Waals surface area contributed by atoms with Gasteiger partial charge in [-0.15, -0.1) is 0 Å². The van der Waals surface area contributed by atoms with Crippen molar-refractivity contribution >= 4 is 5.91 Å². The minimum absolute atomic E-state index is 0.186. The van der Waals surface area contributed by atoms with Crippen LogP contribution in [0.5, 0.6) is 0 Å². The van der Waals surface area contributed by atoms with Crippen molar-refractivity contribution in [1.82, 2.24) is 15.1 Å². The van der Waals surface area contributed by atoms with Crippen molar-refractivity contribution in [1.29, 1.82) is 0 Å². The molecule has 3 fully saturated rings. The molecule has 2 aliphatic heterocycles. The van der Waals surface area contributed by atoms with Crippen LogP contribution in [0.2, 0.25) is 0 Å². The number of carbonyl (C=O) groups is 1. The molecule has 0 bridgehead atoms. The van der Waals surface area contributed by atoms with Gasteiger partial charge >= 0.3 is 0 Å². The topological polar surface area (TPSA) is 44.8 Å². The average molecular weight is 404 g/mol. The Morgan fingerprint density at radius 1 is 1.21 bits per heavy atom. The van der Waals surface area contributed by atoms with Crippen molar-refractivity contribution in [3.8, 4) is 0 Å². The smallest absolute Gasteiger partial charge is 0.228 e. The number of amides is 1. The Bertz CT molecular complexity index is 692. The molecule has 29 heavy (non-hydrogen) atoms. The van der Waals surface area contributed by atoms with E-state index in [9.17, 15) is 9.18 Å². The van der Waals surface area contributed by atoms with Gasteiger partial charge in [-0.25, -0.2) is 4.39 Å². The quantitative estimate of drug-likeness (QED) is 0.821. The molecule has 1 amide bonds. The first-order valence-electron chi connectivity index (χ1n) is 11.2. The third-order valence-electron chi connectivity index (χ3n) is 7.39. The van der Waals surface area contributed by atoms with Gasteiger partial charge in [0.05, 0.1) is 18.6 Å². The normalized spacial score (nSPS) is 31.2. The molecule has 2 heterocycles. The van der Waals surface area contributed by atoms with Gasteiger partial charge in [-0.1, -0.05) is 19.1 Å². The van der Waals surface area contributed by atoms with E-state index in [1.54, 1.807) is 12.1 Å². The van der Waals surface area contributed by atoms with E-state index in [4.69, 9.17) is 4.74 Å². The summed E-state index contributed by atoms with van der Waals surface area (Å²) in [6, 6.07) is 6.99. The molecule has 0 aromatic heterocycles. The summed E-state index contributed by atoms with van der Waals surface area (Å²) in [5.41, 5.74) is 0.648. The van der Waals surface area contributed by atoms with Crippen LogP contribution in [-0.2, 0) is 16.1 Å². The molecular formula is C23H34FN3O2. The van der Waals surface area contributed by atoms with E-state index in [0.29, 0.717) is 18.5 Å². The molecule has 3 atom stereocenters. The van der Waals surface area contributed by atoms with Gasteiger partial charge < -0.3 is 15.0 Å². The van der Waals surface area contributed by atoms with E-state index in [-0.39, 0.29) is 17.1 Å². The van der Waals surface area contributed by atoms with Crippen molar-refractivity contribution in [3.05, 3.63) is 35.6 Å². The highest BCUT2D eigenvalue weighted by molar-refractivity contribution is 5.83. The summed E-state index contributed by atoms with van der Waals surface area (Å²) >= 11 is 0. The van der Waals surface area contributed by atoms with Gasteiger partial charge in [0, 0.05) is 32.2 Å². The van der Waals surface area contributed by atoms with Gasteiger partial charge in [0.25, 0.3) is 0 Å². The number of hydrogen-bond acceptors (Lipinski definition) is 4. The van der Waals surface area contributed by atoms with E-state index in [1.807, 2.05) is 0 Å². The summed E-state index contributed by atoms with van der Waals surface area (Å²) in [7, 11) is 0. The minimum atomic E-state index is -0.295. The monoisotopic (exact) mass is 403 g/mol. The predicted octanol–water partition coefficient (Wildman–Crippen LogP) is 2.65. The Balaban J connectivity index is 1.45. The highest BCUT2D eigenvalue weighted by atomic mass is 19.1. The molecule has 1 saturated carbocycles. The number of morpholine rings is 1. The Morgan fingerprint density at radius 2 is 1.97 bits per heavy atom. The number of ether oxygens (including phenoxy) is 1. The first-order valence-corrected chi connectivity index (χ1v) is 11.2. The summed E-state index contributed by atoms with van der Waals surface area (Å²) in [5, 5.41) is 3.20. The number of nitrogens with zero attached hydrogens (tertiary/aromatic N) is 2. The number of fused-ring (bicyclic) bond motifs is 1. The van der Waals surface area contributed by atoms with Crippen molar-refractivity contribution < 1.29 is 13.9 Å². The number of halogens is 1. The molecule has 2 saturated heterocycles. The molecule has 1 N–H and O–H groups in total. The molecule has 5 nitrogen and oxygen atoms in total. The Kier molecular flexibility index (Phi) is 6.52. The van der Waals surface area contributed by atoms with E-state index < -0.39 is 0 Å². The lowest BCUT2D eigenvalue weighted by Crippen LogP contribution is -2.60. The standard InChI is InChI=1S/C23H34FN3O2/c1-2-26-10-8-19-15-21(27-11-13-29-14-12-27)7-9-23(19,17-26)22(28)25-16-18-3-5-20(24)6-4-18/h3-6,19,21H,2,7-17H2,1H3,(H,25,28)/t19-,21+,23-/m1/s1. The van der Waals surface area contributed by atoms with Crippen LogP contribution in [0.25, 0.3) is 0 Å². The van der Waals surface area contributed by atoms with Crippen molar-refractivity contribution in [2.24, 2.45) is 11.3 Å². The molecule has 6 heteroatoms. The van der Waals surface area contributed by atoms with Crippen LogP contribution in [0.3, 0.4) is 0 Å². The maximum absolute atomic E-state index is 13.5. The van der Waals surface area contributed by atoms with E-state index >= 15 is 0 Å². The number of piperidine rings is 1. The van der Waals surface area contributed by atoms with Gasteiger partial charge in [-0.2, -0.15) is 0 Å². The maximum atomic E-state index is 13.5. The lowest BCUT2D eigenvalue weighted by atomic mass is 9.61. The first-order chi connectivity index (χ1) is 14.1. The van der Waals surface area contributed by atoms with Gasteiger partial charge in [0.2, 0.25) is 5.91 Å². The van der Waals surface area contributed by atoms with Gasteiger partial charge in [-0.3, -0.25) is 9.69 Å². The Morgan fingerprint density at radius 3 is 2.69 bits per heavy atom. The summed E-state index contributed by atoms with van der Waals surface area (Å²) in [6.45, 7) is 9.28. The average Bonchev–Trinajstić information content (AvgIpc) is 2.78. The number of hydrogen-bond donors (Lipinski definition) is 1. The molecule has 0 unspecified atom stereocenters. The van der Waals surface area contributed by atoms with E-state index in [0.717, 1.165) is 77.2 Å². The summed E-state index contributed by atoms with van der Waals surface area (Å²) in [5.74, 6) is 0.372. The number of benzene rings is 1. The molecule has 160 valence electrons. The molecule has 1 aromatic rings. The first kappa shape index (κ1) is 20.8. The maximum Gasteiger partial charge on any atom is 0.228 e. The number of rotatable bonds is 5. The number of nitrogens with one attached hydrogen (secondary N) is 1. The molecule has 0 spiro atoms. The van der Waals surface area contributed by atoms with E-state index in [2.05, 4.69) is 22.0 Å². The fourth-order valence-electron chi connectivity index (χ4n) is 5.59. The third-order valence-corrected chi connectivity index (χ3v) is 7.39. The molecule has 3 aliphatic rings. The van der Waals surface area contributed by atoms with Crippen LogP contribution in [-0.4, -0.2) is 67.7 Å². The highest BCUT2D eigenvalue weighted by Gasteiger charge is 2.52. The molecule has 4 rings (SSSR count). The fraction of sp³-hybridized carbons (Fsp3) is 0.696. The largest absolute Gasteiger partial charge is 0.379 e. The minimum Gasteiger partial charge on any atom is -0.379 e. The Labute approximate surface area is 173 Å². The lowest BCUT2D eigenvalue weighted by Gasteiger charge is -2.53. The molecule has 1 aliphatic carbocycles. The summed E-state index contributed by atoms with van der Waals surface area (Å²) < 4.78 is 18.7. The van der Waals surface area contributed by atoms with Crippen LogP contribution in [0, 0.1) is 17.2 Å². The number of likely N-dealkylation sites (tertiary alicyclic amines) is 1. The second-order valence-corrected chi connectivity index (χ2v) is 8.90. The van der Waals surface area contributed by atoms with Crippen molar-refractivity contribution in [2.75, 3.05) is 45.9 Å². The van der Waals surface area contributed by atoms with Crippen LogP contribution >= 0.6 is 0 Å². The van der Waals surface area contributed by atoms with Crippen LogP contribution in [0.4, 0.5) is 4.39 Å². The number of carbonyl (C=O) groups excluding carboxylic acids is 1. The highest BCUT2D eigenvalue weighted by Crippen LogP contribution is 2.47. The zero-order valence-electron chi connectivity index (χ0n) is 17.5. The second-order valence-electron chi connectivity index (χ2n) is 8.90. The van der Waals surface area contributed by atoms with Crippen molar-refractivity contribution in [3.63, 3.8) is 0 Å². The fourth-order valence-corrected chi connectivity index (χ4v) is 5.59. The van der Waals surface area contributed by atoms with E-state index in [1.165, 1.54) is 12.1 Å². The van der Waals surface area contributed by atoms with Gasteiger partial charge in [0.1, 0.15) is 5.82 Å². The van der Waals surface area contributed by atoms with Crippen molar-refractivity contribution in [2.45, 2.75) is 45.2 Å². The Hall–Kier alpha value is -1.50. The zero-order chi connectivity index (χ0) is 20.3. The van der Waals surface area contributed by atoms with Crippen LogP contribution in [0.15, 0.2) is 24.3 Å². The SMILES string of the molecule is CCN1CC[C@@H]2C[C@@H](N3CCOCC3)CC[C@@]2(C(=O)NCc2ccc(F)cc2)C1. The van der Waals surface area contributed by atoms with Gasteiger partial charge in [-0.05, 0) is 62.4 Å². The second kappa shape index (κ2) is 9.11. The van der Waals surface area contributed by atoms with Crippen LogP contribution in [0.1, 0.15) is 38.2 Å². The van der Waals surface area contributed by atoms with Crippen LogP contribution < -0.4 is 5.32 Å². The molecule has 1 aromatic carbocycles. The predicted molar refractivity (Wildman–Crippen MR) is 111 cm³/mol. The summed E-state index contributed by atoms with van der Waals surface area (Å²) in [4.78, 5) is 18.5. The molecule has 0 radical (unpaired) electrons. The lowest BCUT2D eigenvalue weighted by molar-refractivity contribution is -0.145.